The van der Waals surface area contributed by atoms with Gasteiger partial charge in [-0.15, -0.1) is 0 Å². The molecule has 0 radical (unpaired) electrons. The third kappa shape index (κ3) is 2.84. The van der Waals surface area contributed by atoms with Gasteiger partial charge in [-0.25, -0.2) is 4.79 Å². The summed E-state index contributed by atoms with van der Waals surface area (Å²) in [5, 5.41) is 10.3. The molecule has 5 nitrogen and oxygen atoms in total. The van der Waals surface area contributed by atoms with Crippen LogP contribution in [0.25, 0.3) is 0 Å². The van der Waals surface area contributed by atoms with Crippen molar-refractivity contribution in [3.05, 3.63) is 0 Å². The number of carbonyl (C=O) groups is 2. The molecule has 0 bridgehead atoms. The van der Waals surface area contributed by atoms with Crippen molar-refractivity contribution in [2.75, 3.05) is 7.11 Å². The van der Waals surface area contributed by atoms with Crippen molar-refractivity contribution < 1.29 is 32.6 Å². The van der Waals surface area contributed by atoms with Crippen molar-refractivity contribution in [1.82, 2.24) is 5.32 Å². The number of esters is 1. The lowest BCUT2D eigenvalue weighted by atomic mass is 10.1. The monoisotopic (exact) mass is 243 g/mol. The highest BCUT2D eigenvalue weighted by Crippen LogP contribution is 2.29. The zero-order valence-corrected chi connectivity index (χ0v) is 8.88. The lowest BCUT2D eigenvalue weighted by molar-refractivity contribution is -0.270. The number of halogens is 3. The van der Waals surface area contributed by atoms with Gasteiger partial charge >= 0.3 is 17.9 Å². The van der Waals surface area contributed by atoms with E-state index < -0.39 is 29.7 Å². The largest absolute Gasteiger partial charge is 0.465 e. The number of hydrogen-bond acceptors (Lipinski definition) is 4. The van der Waals surface area contributed by atoms with E-state index in [2.05, 4.69) is 4.74 Å². The Balaban J connectivity index is 5.12. The maximum atomic E-state index is 12.4. The minimum absolute atomic E-state index is 0.667. The molecule has 0 fully saturated rings. The van der Waals surface area contributed by atoms with Crippen LogP contribution in [-0.2, 0) is 14.3 Å². The number of aliphatic hydroxyl groups is 1. The molecule has 0 heterocycles. The summed E-state index contributed by atoms with van der Waals surface area (Å²) in [6.45, 7) is 2.62. The van der Waals surface area contributed by atoms with Crippen LogP contribution >= 0.6 is 0 Å². The predicted molar refractivity (Wildman–Crippen MR) is 46.0 cm³/mol. The van der Waals surface area contributed by atoms with Crippen molar-refractivity contribution in [2.24, 2.45) is 5.92 Å². The van der Waals surface area contributed by atoms with Gasteiger partial charge in [0.15, 0.2) is 0 Å². The molecule has 0 saturated carbocycles. The minimum atomic E-state index is -5.36. The van der Waals surface area contributed by atoms with E-state index in [9.17, 15) is 22.8 Å². The molecule has 0 aromatic heterocycles. The highest BCUT2D eigenvalue weighted by atomic mass is 19.4. The molecule has 0 spiro atoms. The summed E-state index contributed by atoms with van der Waals surface area (Å²) >= 11 is 0. The lowest BCUT2D eigenvalue weighted by Crippen LogP contribution is -2.65. The maximum Gasteiger partial charge on any atom is 0.448 e. The smallest absolute Gasteiger partial charge is 0.448 e. The average molecular weight is 243 g/mol. The Bertz CT molecular complexity index is 289. The van der Waals surface area contributed by atoms with Crippen LogP contribution in [0.2, 0.25) is 0 Å². The molecule has 0 aromatic rings. The first-order chi connectivity index (χ1) is 7.06. The quantitative estimate of drug-likeness (QED) is 0.547. The molecule has 1 amide bonds. The number of methoxy groups -OCH3 is 1. The van der Waals surface area contributed by atoms with Gasteiger partial charge in [-0.3, -0.25) is 4.79 Å². The van der Waals surface area contributed by atoms with Gasteiger partial charge in [-0.1, -0.05) is 13.8 Å². The second kappa shape index (κ2) is 4.69. The van der Waals surface area contributed by atoms with E-state index in [1.807, 2.05) is 0 Å². The molecule has 94 valence electrons. The normalized spacial score (nSPS) is 15.5. The van der Waals surface area contributed by atoms with Crippen LogP contribution in [0, 0.1) is 5.92 Å². The average Bonchev–Trinajstić information content (AvgIpc) is 2.14. The third-order valence-electron chi connectivity index (χ3n) is 1.72. The SMILES string of the molecule is COC(=O)C(O)(NC(=O)C(C)C)C(F)(F)F. The molecular formula is C8H12F3NO4. The fourth-order valence-electron chi connectivity index (χ4n) is 0.708. The van der Waals surface area contributed by atoms with Gasteiger partial charge in [0.2, 0.25) is 5.91 Å². The maximum absolute atomic E-state index is 12.4. The van der Waals surface area contributed by atoms with Gasteiger partial charge in [0.25, 0.3) is 0 Å². The number of nitrogens with one attached hydrogen (secondary N) is 1. The molecule has 0 saturated heterocycles. The molecule has 0 aliphatic carbocycles. The van der Waals surface area contributed by atoms with E-state index in [1.54, 1.807) is 0 Å². The number of hydrogen-bond donors (Lipinski definition) is 2. The summed E-state index contributed by atoms with van der Waals surface area (Å²) < 4.78 is 41.0. The Hall–Kier alpha value is -1.31. The summed E-state index contributed by atoms with van der Waals surface area (Å²) in [4.78, 5) is 21.9. The zero-order valence-electron chi connectivity index (χ0n) is 8.88. The molecule has 0 aliphatic rings. The topological polar surface area (TPSA) is 75.6 Å². The number of ether oxygens (including phenoxy) is 1. The van der Waals surface area contributed by atoms with Crippen molar-refractivity contribution in [3.8, 4) is 0 Å². The molecule has 8 heteroatoms. The van der Waals surface area contributed by atoms with Gasteiger partial charge in [-0.05, 0) is 0 Å². The summed E-state index contributed by atoms with van der Waals surface area (Å²) in [5.41, 5.74) is -4.01. The highest BCUT2D eigenvalue weighted by Gasteiger charge is 2.62. The molecule has 2 N–H and O–H groups in total. The third-order valence-corrected chi connectivity index (χ3v) is 1.72. The van der Waals surface area contributed by atoms with Crippen LogP contribution in [0.15, 0.2) is 0 Å². The highest BCUT2D eigenvalue weighted by molar-refractivity contribution is 5.88. The van der Waals surface area contributed by atoms with Crippen LogP contribution in [-0.4, -0.2) is 36.0 Å². The molecular weight excluding hydrogens is 231 g/mol. The Morgan fingerprint density at radius 3 is 2.00 bits per heavy atom. The predicted octanol–water partition coefficient (Wildman–Crippen LogP) is 0.182. The number of amides is 1. The molecule has 1 unspecified atom stereocenters. The number of rotatable bonds is 3. The van der Waals surface area contributed by atoms with Crippen molar-refractivity contribution in [3.63, 3.8) is 0 Å². The fourth-order valence-corrected chi connectivity index (χ4v) is 0.708. The van der Waals surface area contributed by atoms with E-state index in [-0.39, 0.29) is 0 Å². The van der Waals surface area contributed by atoms with Crippen molar-refractivity contribution in [2.45, 2.75) is 25.7 Å². The summed E-state index contributed by atoms with van der Waals surface area (Å²) in [6.07, 6.45) is -5.36. The van der Waals surface area contributed by atoms with Gasteiger partial charge in [-0.2, -0.15) is 13.2 Å². The first kappa shape index (κ1) is 14.7. The second-order valence-corrected chi connectivity index (χ2v) is 3.34. The van der Waals surface area contributed by atoms with E-state index in [0.29, 0.717) is 7.11 Å². The van der Waals surface area contributed by atoms with E-state index >= 15 is 0 Å². The van der Waals surface area contributed by atoms with E-state index in [0.717, 1.165) is 0 Å². The first-order valence-electron chi connectivity index (χ1n) is 4.25. The van der Waals surface area contributed by atoms with Crippen LogP contribution in [0.4, 0.5) is 13.2 Å². The Kier molecular flexibility index (Phi) is 4.30. The van der Waals surface area contributed by atoms with Crippen LogP contribution in [0.3, 0.4) is 0 Å². The summed E-state index contributed by atoms with van der Waals surface area (Å²) in [5.74, 6) is -3.93. The Morgan fingerprint density at radius 2 is 1.75 bits per heavy atom. The first-order valence-corrected chi connectivity index (χ1v) is 4.25. The van der Waals surface area contributed by atoms with Crippen LogP contribution < -0.4 is 5.32 Å². The standard InChI is InChI=1S/C8H12F3NO4/c1-4(2)5(13)12-7(15,6(14)16-3)8(9,10)11/h4,15H,1-3H3,(H,12,13). The van der Waals surface area contributed by atoms with Crippen LogP contribution in [0.1, 0.15) is 13.8 Å². The summed E-state index contributed by atoms with van der Waals surface area (Å²) in [7, 11) is 0.667. The Morgan fingerprint density at radius 1 is 1.31 bits per heavy atom. The number of carbonyl (C=O) groups excluding carboxylic acids is 2. The summed E-state index contributed by atoms with van der Waals surface area (Å²) in [6, 6.07) is 0. The molecule has 16 heavy (non-hydrogen) atoms. The number of alkyl halides is 3. The minimum Gasteiger partial charge on any atom is -0.465 e. The van der Waals surface area contributed by atoms with E-state index in [1.165, 1.54) is 19.2 Å². The van der Waals surface area contributed by atoms with Gasteiger partial charge in [0.05, 0.1) is 7.11 Å². The van der Waals surface area contributed by atoms with Gasteiger partial charge < -0.3 is 15.2 Å². The van der Waals surface area contributed by atoms with Crippen molar-refractivity contribution >= 4 is 11.9 Å². The van der Waals surface area contributed by atoms with Crippen molar-refractivity contribution in [1.29, 1.82) is 0 Å². The molecule has 1 atom stereocenters. The second-order valence-electron chi connectivity index (χ2n) is 3.34. The van der Waals surface area contributed by atoms with Gasteiger partial charge in [0.1, 0.15) is 0 Å². The fraction of sp³-hybridized carbons (Fsp3) is 0.750. The zero-order chi connectivity index (χ0) is 13.1. The van der Waals surface area contributed by atoms with E-state index in [4.69, 9.17) is 5.11 Å². The molecule has 0 rings (SSSR count). The van der Waals surface area contributed by atoms with Crippen LogP contribution in [0.5, 0.6) is 0 Å². The molecule has 0 aromatic carbocycles. The van der Waals surface area contributed by atoms with Gasteiger partial charge in [0, 0.05) is 5.92 Å². The lowest BCUT2D eigenvalue weighted by Gasteiger charge is -2.28. The Labute approximate surface area is 89.6 Å². The molecule has 0 aliphatic heterocycles.